The number of nitrogens with zero attached hydrogens (tertiary/aromatic N) is 1. The van der Waals surface area contributed by atoms with Gasteiger partial charge in [-0.05, 0) is 61.2 Å². The topological polar surface area (TPSA) is 66.5 Å². The maximum atomic E-state index is 12.5. The van der Waals surface area contributed by atoms with Crippen molar-refractivity contribution in [2.45, 2.75) is 20.3 Å². The smallest absolute Gasteiger partial charge is 0.255 e. The predicted octanol–water partition coefficient (Wildman–Crippen LogP) is 2.88. The third-order valence-corrected chi connectivity index (χ3v) is 5.63. The number of carbonyl (C=O) groups is 1. The summed E-state index contributed by atoms with van der Waals surface area (Å²) in [6, 6.07) is 10.9. The first-order valence-electron chi connectivity index (χ1n) is 7.75. The molecule has 0 aliphatic carbocycles. The molecule has 3 rings (SSSR count). The van der Waals surface area contributed by atoms with Crippen molar-refractivity contribution in [3.05, 3.63) is 58.7 Å². The molecule has 126 valence electrons. The van der Waals surface area contributed by atoms with Gasteiger partial charge in [0.05, 0.1) is 11.9 Å². The average molecular weight is 344 g/mol. The van der Waals surface area contributed by atoms with Gasteiger partial charge in [-0.25, -0.2) is 8.42 Å². The number of fused-ring (bicyclic) bond motifs is 1. The zero-order valence-corrected chi connectivity index (χ0v) is 14.8. The summed E-state index contributed by atoms with van der Waals surface area (Å²) in [4.78, 5) is 12.5. The fourth-order valence-corrected chi connectivity index (χ4v) is 3.90. The van der Waals surface area contributed by atoms with E-state index in [0.29, 0.717) is 24.2 Å². The second kappa shape index (κ2) is 5.94. The van der Waals surface area contributed by atoms with Gasteiger partial charge in [0.2, 0.25) is 10.0 Å². The highest BCUT2D eigenvalue weighted by Crippen LogP contribution is 2.31. The van der Waals surface area contributed by atoms with Crippen LogP contribution in [0.15, 0.2) is 36.4 Å². The maximum Gasteiger partial charge on any atom is 0.255 e. The SMILES string of the molecule is Cc1cccc(NC(=O)c2ccc3c(c2)CCN3S(C)(=O)=O)c1C. The van der Waals surface area contributed by atoms with Gasteiger partial charge in [-0.1, -0.05) is 12.1 Å². The van der Waals surface area contributed by atoms with Gasteiger partial charge in [0.25, 0.3) is 5.91 Å². The molecule has 0 unspecified atom stereocenters. The maximum absolute atomic E-state index is 12.5. The van der Waals surface area contributed by atoms with Crippen LogP contribution in [0.2, 0.25) is 0 Å². The normalized spacial score (nSPS) is 13.7. The summed E-state index contributed by atoms with van der Waals surface area (Å²) in [5.74, 6) is -0.190. The number of amides is 1. The molecular weight excluding hydrogens is 324 g/mol. The minimum atomic E-state index is -3.28. The van der Waals surface area contributed by atoms with Crippen molar-refractivity contribution in [2.75, 3.05) is 22.4 Å². The van der Waals surface area contributed by atoms with E-state index in [9.17, 15) is 13.2 Å². The van der Waals surface area contributed by atoms with Crippen LogP contribution in [0.4, 0.5) is 11.4 Å². The fraction of sp³-hybridized carbons (Fsp3) is 0.278. The molecule has 24 heavy (non-hydrogen) atoms. The van der Waals surface area contributed by atoms with Crippen molar-refractivity contribution >= 4 is 27.3 Å². The monoisotopic (exact) mass is 344 g/mol. The van der Waals surface area contributed by atoms with E-state index in [-0.39, 0.29) is 5.91 Å². The van der Waals surface area contributed by atoms with Crippen molar-refractivity contribution in [1.29, 1.82) is 0 Å². The highest BCUT2D eigenvalue weighted by Gasteiger charge is 2.26. The Balaban J connectivity index is 1.87. The van der Waals surface area contributed by atoms with Crippen molar-refractivity contribution in [3.63, 3.8) is 0 Å². The Labute approximate surface area is 142 Å². The number of aryl methyl sites for hydroxylation is 1. The minimum Gasteiger partial charge on any atom is -0.322 e. The van der Waals surface area contributed by atoms with Crippen LogP contribution in [0.1, 0.15) is 27.0 Å². The quantitative estimate of drug-likeness (QED) is 0.931. The van der Waals surface area contributed by atoms with Gasteiger partial charge in [0, 0.05) is 17.8 Å². The molecule has 0 spiro atoms. The van der Waals surface area contributed by atoms with Crippen molar-refractivity contribution in [2.24, 2.45) is 0 Å². The summed E-state index contributed by atoms with van der Waals surface area (Å²) >= 11 is 0. The van der Waals surface area contributed by atoms with Gasteiger partial charge in [-0.2, -0.15) is 0 Å². The van der Waals surface area contributed by atoms with Gasteiger partial charge in [0.1, 0.15) is 0 Å². The number of benzene rings is 2. The molecule has 1 N–H and O–H groups in total. The Kier molecular flexibility index (Phi) is 4.09. The first-order valence-corrected chi connectivity index (χ1v) is 9.60. The van der Waals surface area contributed by atoms with Gasteiger partial charge in [-0.15, -0.1) is 0 Å². The van der Waals surface area contributed by atoms with E-state index in [1.165, 1.54) is 10.6 Å². The minimum absolute atomic E-state index is 0.190. The van der Waals surface area contributed by atoms with Crippen LogP contribution in [-0.2, 0) is 16.4 Å². The number of hydrogen-bond acceptors (Lipinski definition) is 3. The highest BCUT2D eigenvalue weighted by atomic mass is 32.2. The zero-order chi connectivity index (χ0) is 17.5. The summed E-state index contributed by atoms with van der Waals surface area (Å²) in [7, 11) is -3.28. The Hall–Kier alpha value is -2.34. The molecule has 5 nitrogen and oxygen atoms in total. The summed E-state index contributed by atoms with van der Waals surface area (Å²) in [5.41, 5.74) is 5.03. The standard InChI is InChI=1S/C18H20N2O3S/c1-12-5-4-6-16(13(12)2)19-18(21)15-7-8-17-14(11-15)9-10-20(17)24(3,22)23/h4-8,11H,9-10H2,1-3H3,(H,19,21). The van der Waals surface area contributed by atoms with E-state index >= 15 is 0 Å². The number of hydrogen-bond donors (Lipinski definition) is 1. The summed E-state index contributed by atoms with van der Waals surface area (Å²) in [5, 5.41) is 2.93. The lowest BCUT2D eigenvalue weighted by molar-refractivity contribution is 0.102. The molecule has 1 heterocycles. The summed E-state index contributed by atoms with van der Waals surface area (Å²) in [6.45, 7) is 4.40. The Morgan fingerprint density at radius 1 is 1.17 bits per heavy atom. The van der Waals surface area contributed by atoms with Crippen molar-refractivity contribution in [1.82, 2.24) is 0 Å². The zero-order valence-electron chi connectivity index (χ0n) is 14.0. The second-order valence-electron chi connectivity index (χ2n) is 6.13. The van der Waals surface area contributed by atoms with Crippen molar-refractivity contribution < 1.29 is 13.2 Å². The molecule has 0 radical (unpaired) electrons. The largest absolute Gasteiger partial charge is 0.322 e. The van der Waals surface area contributed by atoms with E-state index < -0.39 is 10.0 Å². The van der Waals surface area contributed by atoms with Crippen LogP contribution in [0.5, 0.6) is 0 Å². The average Bonchev–Trinajstić information content (AvgIpc) is 2.95. The molecule has 6 heteroatoms. The van der Waals surface area contributed by atoms with Crippen LogP contribution in [0.3, 0.4) is 0 Å². The van der Waals surface area contributed by atoms with Crippen LogP contribution < -0.4 is 9.62 Å². The van der Waals surface area contributed by atoms with Gasteiger partial charge in [0.15, 0.2) is 0 Å². The number of nitrogens with one attached hydrogen (secondary N) is 1. The van der Waals surface area contributed by atoms with Crippen LogP contribution in [0.25, 0.3) is 0 Å². The molecule has 1 aliphatic rings. The van der Waals surface area contributed by atoms with Crippen molar-refractivity contribution in [3.8, 4) is 0 Å². The molecule has 0 aromatic heterocycles. The van der Waals surface area contributed by atoms with Gasteiger partial charge >= 0.3 is 0 Å². The molecule has 0 fully saturated rings. The van der Waals surface area contributed by atoms with Crippen LogP contribution in [-0.4, -0.2) is 27.1 Å². The molecule has 2 aromatic carbocycles. The molecule has 0 saturated carbocycles. The Bertz CT molecular complexity index is 920. The lowest BCUT2D eigenvalue weighted by atomic mass is 10.1. The molecule has 1 aliphatic heterocycles. The molecule has 2 aromatic rings. The van der Waals surface area contributed by atoms with Gasteiger partial charge in [-0.3, -0.25) is 9.10 Å². The van der Waals surface area contributed by atoms with Gasteiger partial charge < -0.3 is 5.32 Å². The lowest BCUT2D eigenvalue weighted by Crippen LogP contribution is -2.27. The molecule has 0 bridgehead atoms. The fourth-order valence-electron chi connectivity index (χ4n) is 2.94. The first kappa shape index (κ1) is 16.5. The third kappa shape index (κ3) is 3.01. The number of carbonyl (C=O) groups excluding carboxylic acids is 1. The van der Waals surface area contributed by atoms with Crippen LogP contribution in [0, 0.1) is 13.8 Å². The van der Waals surface area contributed by atoms with E-state index in [4.69, 9.17) is 0 Å². The Morgan fingerprint density at radius 3 is 2.62 bits per heavy atom. The summed E-state index contributed by atoms with van der Waals surface area (Å²) < 4.78 is 24.9. The molecule has 0 atom stereocenters. The van der Waals surface area contributed by atoms with E-state index in [1.807, 2.05) is 32.0 Å². The third-order valence-electron chi connectivity index (χ3n) is 4.45. The van der Waals surface area contributed by atoms with Crippen LogP contribution >= 0.6 is 0 Å². The number of anilines is 2. The number of rotatable bonds is 3. The van der Waals surface area contributed by atoms with E-state index in [2.05, 4.69) is 5.32 Å². The highest BCUT2D eigenvalue weighted by molar-refractivity contribution is 7.92. The second-order valence-corrected chi connectivity index (χ2v) is 8.04. The number of sulfonamides is 1. The molecular formula is C18H20N2O3S. The molecule has 0 saturated heterocycles. The lowest BCUT2D eigenvalue weighted by Gasteiger charge is -2.16. The Morgan fingerprint density at radius 2 is 1.92 bits per heavy atom. The first-order chi connectivity index (χ1) is 11.3. The van der Waals surface area contributed by atoms with E-state index in [1.54, 1.807) is 18.2 Å². The van der Waals surface area contributed by atoms with E-state index in [0.717, 1.165) is 22.4 Å². The molecule has 1 amide bonds. The predicted molar refractivity (Wildman–Crippen MR) is 96.2 cm³/mol. The summed E-state index contributed by atoms with van der Waals surface area (Å²) in [6.07, 6.45) is 1.82.